The van der Waals surface area contributed by atoms with Crippen molar-refractivity contribution in [3.05, 3.63) is 188 Å². The Bertz CT molecular complexity index is 2530. The van der Waals surface area contributed by atoms with Crippen LogP contribution in [0.4, 0.5) is 11.4 Å². The van der Waals surface area contributed by atoms with E-state index in [1.54, 1.807) is 66.7 Å². The van der Waals surface area contributed by atoms with Gasteiger partial charge in [0.1, 0.15) is 23.2 Å². The highest BCUT2D eigenvalue weighted by Gasteiger charge is 2.26. The second kappa shape index (κ2) is 19.2. The van der Waals surface area contributed by atoms with Crippen LogP contribution in [0, 0.1) is 0 Å². The molecule has 57 heavy (non-hydrogen) atoms. The average molecular weight is 877 g/mol. The van der Waals surface area contributed by atoms with Crippen molar-refractivity contribution in [3.63, 3.8) is 0 Å². The molecular formula is C44H28Cl6N2O5. The fraction of sp³-hybridized carbons (Fsp3) is 0. The van der Waals surface area contributed by atoms with Crippen molar-refractivity contribution >= 4 is 93.1 Å². The number of amides is 2. The molecule has 0 heterocycles. The molecule has 3 N–H and O–H groups in total. The number of ether oxygens (including phenoxy) is 1. The topological polar surface area (TPSA) is 96.9 Å². The van der Waals surface area contributed by atoms with E-state index in [2.05, 4.69) is 10.6 Å². The monoisotopic (exact) mass is 874 g/mol. The summed E-state index contributed by atoms with van der Waals surface area (Å²) < 4.78 is 11.0. The molecule has 7 nitrogen and oxygen atoms in total. The number of hydrogen-bond acceptors (Lipinski definition) is 5. The molecule has 0 saturated heterocycles. The second-order valence-corrected chi connectivity index (χ2v) is 14.3. The van der Waals surface area contributed by atoms with Gasteiger partial charge in [0.2, 0.25) is 0 Å². The smallest absolute Gasteiger partial charge is 0.263 e. The molecule has 7 aromatic carbocycles. The summed E-state index contributed by atoms with van der Waals surface area (Å²) >= 11 is 36.6. The predicted octanol–water partition coefficient (Wildman–Crippen LogP) is 14.5. The first-order chi connectivity index (χ1) is 27.5. The Morgan fingerprint density at radius 3 is 1.67 bits per heavy atom. The maximum Gasteiger partial charge on any atom is 0.263 e. The van der Waals surface area contributed by atoms with Crippen molar-refractivity contribution in [1.82, 2.24) is 0 Å². The van der Waals surface area contributed by atoms with Crippen molar-refractivity contribution in [2.75, 3.05) is 10.6 Å². The first-order valence-electron chi connectivity index (χ1n) is 16.9. The van der Waals surface area contributed by atoms with E-state index in [4.69, 9.17) is 78.9 Å². The first kappa shape index (κ1) is 41.3. The van der Waals surface area contributed by atoms with Gasteiger partial charge in [0.15, 0.2) is 17.2 Å². The third-order valence-electron chi connectivity index (χ3n) is 8.21. The van der Waals surface area contributed by atoms with Gasteiger partial charge in [0.05, 0.1) is 20.6 Å². The summed E-state index contributed by atoms with van der Waals surface area (Å²) in [5.74, 6) is -0.900. The minimum Gasteiger partial charge on any atom is -0.505 e. The van der Waals surface area contributed by atoms with Crippen LogP contribution in [-0.2, 0) is 0 Å². The molecule has 0 aliphatic rings. The normalized spacial score (nSPS) is 10.5. The van der Waals surface area contributed by atoms with Gasteiger partial charge in [-0.15, -0.1) is 0 Å². The molecule has 0 bridgehead atoms. The number of para-hydroxylation sites is 1. The maximum absolute atomic E-state index is 13.1. The van der Waals surface area contributed by atoms with E-state index in [0.717, 1.165) is 16.7 Å². The molecule has 0 fully saturated rings. The average Bonchev–Trinajstić information content (AvgIpc) is 3.21. The summed E-state index contributed by atoms with van der Waals surface area (Å²) in [6, 6.07) is 44.3. The van der Waals surface area contributed by atoms with E-state index in [-0.39, 0.29) is 38.6 Å². The molecule has 0 atom stereocenters. The van der Waals surface area contributed by atoms with Crippen molar-refractivity contribution in [2.45, 2.75) is 0 Å². The van der Waals surface area contributed by atoms with Gasteiger partial charge in [-0.25, -0.2) is 0 Å². The molecule has 0 spiro atoms. The van der Waals surface area contributed by atoms with E-state index < -0.39 is 11.7 Å². The molecule has 0 unspecified atom stereocenters. The molecule has 7 rings (SSSR count). The number of phenols is 1. The molecule has 0 aromatic heterocycles. The lowest BCUT2D eigenvalue weighted by Gasteiger charge is -2.18. The Hall–Kier alpha value is -5.38. The number of aromatic hydroxyl groups is 1. The van der Waals surface area contributed by atoms with Crippen LogP contribution < -0.4 is 19.7 Å². The lowest BCUT2D eigenvalue weighted by atomic mass is 9.91. The van der Waals surface area contributed by atoms with Crippen LogP contribution in [0.25, 0.3) is 22.3 Å². The number of hydrogen-bond donors (Lipinski definition) is 3. The van der Waals surface area contributed by atoms with Gasteiger partial charge in [0, 0.05) is 32.5 Å². The second-order valence-electron chi connectivity index (χ2n) is 12.0. The fourth-order valence-electron chi connectivity index (χ4n) is 5.65. The van der Waals surface area contributed by atoms with E-state index in [9.17, 15) is 14.7 Å². The molecule has 0 aliphatic carbocycles. The SMILES string of the molecule is O=C(Nc1cccc(Cl)c1)c1c(O)c(Cl)cc(Cl)c1Oc1ccc(Cl)cc1.O=C(Nc1ccccc1)c1cc(Cl)c(-c2ccccc2)c(-c2ccccc2)c1OCl. The number of anilines is 2. The Labute approximate surface area is 358 Å². The molecule has 0 radical (unpaired) electrons. The fourth-order valence-corrected chi connectivity index (χ4v) is 6.94. The zero-order valence-electron chi connectivity index (χ0n) is 29.3. The number of rotatable bonds is 9. The van der Waals surface area contributed by atoms with Crippen molar-refractivity contribution in [1.29, 1.82) is 0 Å². The number of carbonyl (C=O) groups excluding carboxylic acids is 2. The standard InChI is InChI=1S/C25H17Cl2NO2.C19H11Cl4NO3/c26-21-16-20(25(29)28-19-14-8-3-9-15-19)24(30-27)23(18-12-6-2-7-13-18)22(21)17-10-4-1-5-11-17;20-10-4-6-13(7-5-10)27-18-15(23)9-14(22)17(25)16(18)19(26)24-12-3-1-2-11(21)8-12/h1-16H,(H,28,29);1-9,25H,(H,24,26). The lowest BCUT2D eigenvalue weighted by Crippen LogP contribution is -2.14. The minimum atomic E-state index is -0.664. The van der Waals surface area contributed by atoms with Crippen molar-refractivity contribution in [2.24, 2.45) is 0 Å². The van der Waals surface area contributed by atoms with E-state index in [1.807, 2.05) is 78.9 Å². The molecule has 0 saturated carbocycles. The van der Waals surface area contributed by atoms with Crippen molar-refractivity contribution < 1.29 is 23.7 Å². The van der Waals surface area contributed by atoms with Crippen molar-refractivity contribution in [3.8, 4) is 45.3 Å². The summed E-state index contributed by atoms with van der Waals surface area (Å²) in [5, 5.41) is 17.2. The Morgan fingerprint density at radius 2 is 1.07 bits per heavy atom. The van der Waals surface area contributed by atoms with Crippen LogP contribution in [0.3, 0.4) is 0 Å². The van der Waals surface area contributed by atoms with E-state index in [1.165, 1.54) is 6.07 Å². The Balaban J connectivity index is 0.000000194. The highest BCUT2D eigenvalue weighted by molar-refractivity contribution is 6.38. The highest BCUT2D eigenvalue weighted by Crippen LogP contribution is 2.47. The Kier molecular flexibility index (Phi) is 13.9. The zero-order chi connectivity index (χ0) is 40.5. The zero-order valence-corrected chi connectivity index (χ0v) is 33.8. The van der Waals surface area contributed by atoms with Crippen LogP contribution in [0.1, 0.15) is 20.7 Å². The number of nitrogens with one attached hydrogen (secondary N) is 2. The summed E-state index contributed by atoms with van der Waals surface area (Å²) in [7, 11) is 0. The molecule has 7 aromatic rings. The maximum atomic E-state index is 13.1. The minimum absolute atomic E-state index is 0.0413. The van der Waals surface area contributed by atoms with Gasteiger partial charge in [-0.2, -0.15) is 0 Å². The summed E-state index contributed by atoms with van der Waals surface area (Å²) in [6.45, 7) is 0. The van der Waals surface area contributed by atoms with Crippen LogP contribution in [0.15, 0.2) is 152 Å². The molecular weight excluding hydrogens is 849 g/mol. The molecule has 13 heteroatoms. The number of phenolic OH excluding ortho intramolecular Hbond substituents is 1. The van der Waals surface area contributed by atoms with Gasteiger partial charge in [-0.05, 0) is 77.9 Å². The predicted molar refractivity (Wildman–Crippen MR) is 232 cm³/mol. The van der Waals surface area contributed by atoms with Gasteiger partial charge in [-0.3, -0.25) is 9.59 Å². The number of halogens is 6. The summed E-state index contributed by atoms with van der Waals surface area (Å²) in [4.78, 5) is 25.9. The van der Waals surface area contributed by atoms with E-state index in [0.29, 0.717) is 37.8 Å². The number of carbonyl (C=O) groups is 2. The third kappa shape index (κ3) is 10.1. The van der Waals surface area contributed by atoms with Crippen LogP contribution in [0.5, 0.6) is 23.0 Å². The van der Waals surface area contributed by atoms with E-state index >= 15 is 0 Å². The molecule has 2 amide bonds. The molecule has 286 valence electrons. The van der Waals surface area contributed by atoms with Crippen LogP contribution in [-0.4, -0.2) is 16.9 Å². The number of benzene rings is 7. The van der Waals surface area contributed by atoms with Crippen LogP contribution >= 0.6 is 69.9 Å². The molecule has 0 aliphatic heterocycles. The highest BCUT2D eigenvalue weighted by atomic mass is 35.5. The van der Waals surface area contributed by atoms with Gasteiger partial charge < -0.3 is 24.8 Å². The lowest BCUT2D eigenvalue weighted by molar-refractivity contribution is 0.101. The third-order valence-corrected chi connectivity index (χ3v) is 9.72. The quantitative estimate of drug-likeness (QED) is 0.134. The summed E-state index contributed by atoms with van der Waals surface area (Å²) in [5.41, 5.74) is 4.26. The van der Waals surface area contributed by atoms with Crippen LogP contribution in [0.2, 0.25) is 25.1 Å². The largest absolute Gasteiger partial charge is 0.505 e. The van der Waals surface area contributed by atoms with Gasteiger partial charge >= 0.3 is 0 Å². The van der Waals surface area contributed by atoms with Gasteiger partial charge in [0.25, 0.3) is 11.8 Å². The summed E-state index contributed by atoms with van der Waals surface area (Å²) in [6.07, 6.45) is 0. The first-order valence-corrected chi connectivity index (χ1v) is 19.1. The van der Waals surface area contributed by atoms with Gasteiger partial charge in [-0.1, -0.05) is 143 Å². The Morgan fingerprint density at radius 1 is 0.509 bits per heavy atom.